The molecule has 3 heteroatoms. The molecule has 0 saturated carbocycles. The molecule has 0 rings (SSSR count). The van der Waals surface area contributed by atoms with Crippen LogP contribution in [0.1, 0.15) is 13.3 Å². The van der Waals surface area contributed by atoms with E-state index in [-0.39, 0.29) is 0 Å². The average Bonchev–Trinajstić information content (AvgIpc) is 1.78. The van der Waals surface area contributed by atoms with Gasteiger partial charge in [-0.15, -0.1) is 0 Å². The highest BCUT2D eigenvalue weighted by atomic mass is 32.2. The highest BCUT2D eigenvalue weighted by Gasteiger charge is 1.88. The second-order valence-corrected chi connectivity index (χ2v) is 3.93. The average molecular weight is 160 g/mol. The lowest BCUT2D eigenvalue weighted by molar-refractivity contribution is 0.610. The molecule has 2 nitrogen and oxygen atoms in total. The molecular weight excluding hydrogens is 148 g/mol. The van der Waals surface area contributed by atoms with E-state index >= 15 is 0 Å². The fourth-order valence-electron chi connectivity index (χ4n) is 0.403. The molecule has 0 aromatic carbocycles. The summed E-state index contributed by atoms with van der Waals surface area (Å²) in [5.74, 6) is 0. The first-order valence-corrected chi connectivity index (χ1v) is 5.05. The van der Waals surface area contributed by atoms with Gasteiger partial charge >= 0.3 is 0 Å². The Morgan fingerprint density at radius 3 is 2.30 bits per heavy atom. The summed E-state index contributed by atoms with van der Waals surface area (Å²) in [7, 11) is -2.94. The fraction of sp³-hybridized carbons (Fsp3) is 0.429. The van der Waals surface area contributed by atoms with Crippen molar-refractivity contribution in [3.63, 3.8) is 0 Å². The maximum atomic E-state index is 10.5. The first-order chi connectivity index (χ1) is 4.56. The smallest absolute Gasteiger partial charge is 0.168 e. The molecule has 0 aromatic rings. The monoisotopic (exact) mass is 160 g/mol. The number of hydrogen-bond acceptors (Lipinski definition) is 2. The topological polar surface area (TPSA) is 34.1 Å². The van der Waals surface area contributed by atoms with Crippen LogP contribution in [0.5, 0.6) is 0 Å². The molecule has 0 aliphatic heterocycles. The van der Waals surface area contributed by atoms with Crippen LogP contribution < -0.4 is 0 Å². The second-order valence-electron chi connectivity index (χ2n) is 1.99. The molecule has 0 aliphatic rings. The summed E-state index contributed by atoms with van der Waals surface area (Å²) in [6, 6.07) is 0. The van der Waals surface area contributed by atoms with Gasteiger partial charge in [-0.25, -0.2) is 8.42 Å². The van der Waals surface area contributed by atoms with Gasteiger partial charge < -0.3 is 0 Å². The van der Waals surface area contributed by atoms with E-state index in [1.807, 2.05) is 13.0 Å². The van der Waals surface area contributed by atoms with E-state index < -0.39 is 9.84 Å². The summed E-state index contributed by atoms with van der Waals surface area (Å²) in [5, 5.41) is 1.18. The minimum atomic E-state index is -2.94. The van der Waals surface area contributed by atoms with Crippen LogP contribution in [0.4, 0.5) is 0 Å². The van der Waals surface area contributed by atoms with Crippen molar-refractivity contribution < 1.29 is 8.42 Å². The van der Waals surface area contributed by atoms with E-state index in [1.54, 1.807) is 6.08 Å². The fourth-order valence-corrected chi connectivity index (χ4v) is 0.779. The van der Waals surface area contributed by atoms with Crippen LogP contribution in [-0.2, 0) is 9.84 Å². The van der Waals surface area contributed by atoms with Crippen LogP contribution in [0, 0.1) is 0 Å². The van der Waals surface area contributed by atoms with E-state index in [4.69, 9.17) is 0 Å². The quantitative estimate of drug-likeness (QED) is 0.586. The van der Waals surface area contributed by atoms with Crippen molar-refractivity contribution in [2.24, 2.45) is 0 Å². The zero-order valence-electron chi connectivity index (χ0n) is 6.24. The van der Waals surface area contributed by atoms with E-state index in [0.717, 1.165) is 6.42 Å². The molecular formula is C7H12O2S. The lowest BCUT2D eigenvalue weighted by Gasteiger charge is -1.80. The van der Waals surface area contributed by atoms with Crippen LogP contribution in [0.25, 0.3) is 0 Å². The van der Waals surface area contributed by atoms with Gasteiger partial charge in [0.15, 0.2) is 9.84 Å². The molecule has 0 heterocycles. The van der Waals surface area contributed by atoms with Crippen molar-refractivity contribution in [1.82, 2.24) is 0 Å². The zero-order valence-corrected chi connectivity index (χ0v) is 7.06. The van der Waals surface area contributed by atoms with Crippen LogP contribution in [-0.4, -0.2) is 14.7 Å². The number of rotatable bonds is 3. The predicted octanol–water partition coefficient (Wildman–Crippen LogP) is 1.51. The molecule has 0 atom stereocenters. The molecule has 0 amide bonds. The molecule has 10 heavy (non-hydrogen) atoms. The standard InChI is InChI=1S/C7H12O2S/c1-3-4-5-6-7-10(2,8)9/h4-7H,3H2,1-2H3/b5-4+,7-6-. The maximum Gasteiger partial charge on any atom is 0.168 e. The molecule has 0 bridgehead atoms. The van der Waals surface area contributed by atoms with Crippen molar-refractivity contribution in [3.05, 3.63) is 23.6 Å². The number of hydrogen-bond donors (Lipinski definition) is 0. The van der Waals surface area contributed by atoms with Gasteiger partial charge in [0.05, 0.1) is 0 Å². The largest absolute Gasteiger partial charge is 0.225 e. The highest BCUT2D eigenvalue weighted by molar-refractivity contribution is 7.93. The van der Waals surface area contributed by atoms with Gasteiger partial charge in [0, 0.05) is 11.7 Å². The van der Waals surface area contributed by atoms with E-state index in [0.29, 0.717) is 0 Å². The van der Waals surface area contributed by atoms with Gasteiger partial charge in [-0.3, -0.25) is 0 Å². The third-order valence-corrected chi connectivity index (χ3v) is 1.46. The SMILES string of the molecule is CC/C=C/C=C\S(C)(=O)=O. The lowest BCUT2D eigenvalue weighted by Crippen LogP contribution is -1.86. The number of allylic oxidation sites excluding steroid dienone is 3. The molecule has 0 unspecified atom stereocenters. The Labute approximate surface area is 62.2 Å². The maximum absolute atomic E-state index is 10.5. The van der Waals surface area contributed by atoms with Gasteiger partial charge in [0.2, 0.25) is 0 Å². The third kappa shape index (κ3) is 7.43. The Morgan fingerprint density at radius 2 is 1.90 bits per heavy atom. The predicted molar refractivity (Wildman–Crippen MR) is 43.4 cm³/mol. The Bertz CT molecular complexity index is 222. The molecule has 0 radical (unpaired) electrons. The first kappa shape index (κ1) is 9.43. The Balaban J connectivity index is 3.91. The zero-order chi connectivity index (χ0) is 8.04. The van der Waals surface area contributed by atoms with Crippen molar-refractivity contribution >= 4 is 9.84 Å². The lowest BCUT2D eigenvalue weighted by atomic mass is 10.4. The summed E-state index contributed by atoms with van der Waals surface area (Å²) < 4.78 is 20.9. The van der Waals surface area contributed by atoms with E-state index in [9.17, 15) is 8.42 Å². The summed E-state index contributed by atoms with van der Waals surface area (Å²) in [5.41, 5.74) is 0. The van der Waals surface area contributed by atoms with Gasteiger partial charge in [0.1, 0.15) is 0 Å². The van der Waals surface area contributed by atoms with E-state index in [1.165, 1.54) is 17.7 Å². The van der Waals surface area contributed by atoms with Crippen LogP contribution in [0.3, 0.4) is 0 Å². The molecule has 0 aliphatic carbocycles. The van der Waals surface area contributed by atoms with Crippen LogP contribution in [0.15, 0.2) is 23.6 Å². The Hall–Kier alpha value is -0.570. The van der Waals surface area contributed by atoms with Crippen molar-refractivity contribution in [2.45, 2.75) is 13.3 Å². The van der Waals surface area contributed by atoms with Crippen molar-refractivity contribution in [1.29, 1.82) is 0 Å². The second kappa shape index (κ2) is 4.28. The van der Waals surface area contributed by atoms with Crippen molar-refractivity contribution in [3.8, 4) is 0 Å². The first-order valence-electron chi connectivity index (χ1n) is 3.09. The minimum Gasteiger partial charge on any atom is -0.225 e. The van der Waals surface area contributed by atoms with Gasteiger partial charge in [-0.05, 0) is 6.42 Å². The summed E-state index contributed by atoms with van der Waals surface area (Å²) in [4.78, 5) is 0. The normalized spacial score (nSPS) is 13.4. The van der Waals surface area contributed by atoms with Crippen molar-refractivity contribution in [2.75, 3.05) is 6.26 Å². The third-order valence-electron chi connectivity index (χ3n) is 0.809. The van der Waals surface area contributed by atoms with Gasteiger partial charge in [0.25, 0.3) is 0 Å². The Morgan fingerprint density at radius 1 is 1.30 bits per heavy atom. The minimum absolute atomic E-state index is 0.925. The Kier molecular flexibility index (Phi) is 4.03. The molecule has 58 valence electrons. The molecule has 0 N–H and O–H groups in total. The summed E-state index contributed by atoms with van der Waals surface area (Å²) in [6.45, 7) is 1.99. The van der Waals surface area contributed by atoms with Crippen LogP contribution in [0.2, 0.25) is 0 Å². The van der Waals surface area contributed by atoms with Crippen LogP contribution >= 0.6 is 0 Å². The molecule has 0 fully saturated rings. The molecule has 0 saturated heterocycles. The summed E-state index contributed by atoms with van der Waals surface area (Å²) in [6.07, 6.45) is 7.24. The highest BCUT2D eigenvalue weighted by Crippen LogP contribution is 1.87. The number of sulfone groups is 1. The molecule has 0 aromatic heterocycles. The summed E-state index contributed by atoms with van der Waals surface area (Å²) >= 11 is 0. The van der Waals surface area contributed by atoms with Gasteiger partial charge in [-0.2, -0.15) is 0 Å². The molecule has 0 spiro atoms. The van der Waals surface area contributed by atoms with E-state index in [2.05, 4.69) is 0 Å². The van der Waals surface area contributed by atoms with Gasteiger partial charge in [-0.1, -0.05) is 25.2 Å².